The number of hydrogen-bond acceptors (Lipinski definition) is 3. The van der Waals surface area contributed by atoms with Gasteiger partial charge in [-0.25, -0.2) is 5.10 Å². The topological polar surface area (TPSA) is 90.6 Å². The summed E-state index contributed by atoms with van der Waals surface area (Å²) in [5.41, 5.74) is 3.03. The molecule has 0 atom stereocenters. The highest BCUT2D eigenvalue weighted by Gasteiger charge is 2.07. The first-order chi connectivity index (χ1) is 10.1. The highest BCUT2D eigenvalue weighted by Crippen LogP contribution is 2.16. The molecule has 0 fully saturated rings. The molecular formula is C15H14N4O2. The minimum absolute atomic E-state index is 0.188. The molecule has 21 heavy (non-hydrogen) atoms. The highest BCUT2D eigenvalue weighted by atomic mass is 16.2. The van der Waals surface area contributed by atoms with Crippen LogP contribution in [0.3, 0.4) is 0 Å². The van der Waals surface area contributed by atoms with Crippen molar-refractivity contribution >= 4 is 16.8 Å². The minimum atomic E-state index is -0.333. The predicted molar refractivity (Wildman–Crippen MR) is 79.1 cm³/mol. The van der Waals surface area contributed by atoms with Gasteiger partial charge in [-0.05, 0) is 42.1 Å². The van der Waals surface area contributed by atoms with Crippen LogP contribution < -0.4 is 10.9 Å². The number of aromatic nitrogens is 3. The Morgan fingerprint density at radius 2 is 2.10 bits per heavy atom. The van der Waals surface area contributed by atoms with Crippen LogP contribution in [-0.2, 0) is 6.54 Å². The van der Waals surface area contributed by atoms with Crippen LogP contribution in [-0.4, -0.2) is 21.1 Å². The van der Waals surface area contributed by atoms with Crippen LogP contribution in [0.25, 0.3) is 10.9 Å². The number of amides is 1. The molecular weight excluding hydrogens is 268 g/mol. The maximum absolute atomic E-state index is 11.9. The van der Waals surface area contributed by atoms with E-state index in [0.29, 0.717) is 6.54 Å². The van der Waals surface area contributed by atoms with E-state index in [4.69, 9.17) is 0 Å². The van der Waals surface area contributed by atoms with Crippen molar-refractivity contribution in [2.24, 2.45) is 0 Å². The van der Waals surface area contributed by atoms with Gasteiger partial charge in [0.15, 0.2) is 0 Å². The maximum Gasteiger partial charge on any atom is 0.271 e. The number of carbonyl (C=O) groups excluding carboxylic acids is 1. The molecule has 2 aromatic heterocycles. The van der Waals surface area contributed by atoms with E-state index in [-0.39, 0.29) is 17.2 Å². The lowest BCUT2D eigenvalue weighted by molar-refractivity contribution is 0.0945. The van der Waals surface area contributed by atoms with E-state index in [2.05, 4.69) is 26.6 Å². The number of aromatic amines is 2. The molecule has 3 aromatic rings. The van der Waals surface area contributed by atoms with E-state index in [1.807, 2.05) is 25.1 Å². The summed E-state index contributed by atoms with van der Waals surface area (Å²) in [6, 6.07) is 10.7. The van der Waals surface area contributed by atoms with Crippen molar-refractivity contribution in [1.82, 2.24) is 20.5 Å². The Morgan fingerprint density at radius 3 is 2.86 bits per heavy atom. The van der Waals surface area contributed by atoms with Crippen LogP contribution >= 0.6 is 0 Å². The molecule has 6 heteroatoms. The third-order valence-corrected chi connectivity index (χ3v) is 3.18. The summed E-state index contributed by atoms with van der Waals surface area (Å²) in [7, 11) is 0. The Kier molecular flexibility index (Phi) is 3.27. The number of H-pyrrole nitrogens is 2. The van der Waals surface area contributed by atoms with E-state index in [1.54, 1.807) is 0 Å². The van der Waals surface area contributed by atoms with Crippen LogP contribution in [0.2, 0.25) is 0 Å². The zero-order valence-electron chi connectivity index (χ0n) is 11.4. The van der Waals surface area contributed by atoms with Gasteiger partial charge < -0.3 is 10.3 Å². The molecule has 0 bridgehead atoms. The summed E-state index contributed by atoms with van der Waals surface area (Å²) in [6.45, 7) is 2.41. The Hall–Kier alpha value is -2.89. The fourth-order valence-electron chi connectivity index (χ4n) is 2.18. The second kappa shape index (κ2) is 5.24. The molecule has 3 rings (SSSR count). The summed E-state index contributed by atoms with van der Waals surface area (Å²) < 4.78 is 0. The van der Waals surface area contributed by atoms with E-state index in [9.17, 15) is 9.59 Å². The van der Waals surface area contributed by atoms with E-state index in [0.717, 1.165) is 22.2 Å². The average Bonchev–Trinajstić information content (AvgIpc) is 2.84. The van der Waals surface area contributed by atoms with Gasteiger partial charge in [0.25, 0.3) is 11.5 Å². The van der Waals surface area contributed by atoms with Crippen molar-refractivity contribution in [3.05, 3.63) is 63.7 Å². The Bertz CT molecular complexity index is 843. The molecule has 106 valence electrons. The van der Waals surface area contributed by atoms with Crippen LogP contribution in [0, 0.1) is 6.92 Å². The summed E-state index contributed by atoms with van der Waals surface area (Å²) >= 11 is 0. The molecule has 2 heterocycles. The summed E-state index contributed by atoms with van der Waals surface area (Å²) in [5.74, 6) is -0.323. The van der Waals surface area contributed by atoms with Gasteiger partial charge in [0.1, 0.15) is 5.69 Å². The minimum Gasteiger partial charge on any atom is -0.359 e. The molecule has 0 spiro atoms. The molecule has 0 aliphatic rings. The zero-order chi connectivity index (χ0) is 14.8. The maximum atomic E-state index is 11.9. The van der Waals surface area contributed by atoms with Crippen LogP contribution in [0.15, 0.2) is 41.2 Å². The largest absolute Gasteiger partial charge is 0.359 e. The first kappa shape index (κ1) is 13.1. The number of nitrogens with one attached hydrogen (secondary N) is 3. The number of aryl methyl sites for hydroxylation is 1. The highest BCUT2D eigenvalue weighted by molar-refractivity contribution is 5.92. The van der Waals surface area contributed by atoms with Gasteiger partial charge in [0.05, 0.1) is 0 Å². The molecule has 1 amide bonds. The van der Waals surface area contributed by atoms with Crippen LogP contribution in [0.1, 0.15) is 21.7 Å². The first-order valence-electron chi connectivity index (χ1n) is 6.54. The lowest BCUT2D eigenvalue weighted by Crippen LogP contribution is -2.25. The Labute approximate surface area is 120 Å². The van der Waals surface area contributed by atoms with Crippen molar-refractivity contribution in [2.45, 2.75) is 13.5 Å². The van der Waals surface area contributed by atoms with E-state index < -0.39 is 0 Å². The molecule has 0 aliphatic carbocycles. The van der Waals surface area contributed by atoms with E-state index >= 15 is 0 Å². The normalized spacial score (nSPS) is 10.7. The van der Waals surface area contributed by atoms with Crippen LogP contribution in [0.4, 0.5) is 0 Å². The van der Waals surface area contributed by atoms with Gasteiger partial charge in [0.2, 0.25) is 0 Å². The number of rotatable bonds is 3. The molecule has 0 aliphatic heterocycles. The van der Waals surface area contributed by atoms with Gasteiger partial charge in [0, 0.05) is 23.8 Å². The molecule has 6 nitrogen and oxygen atoms in total. The summed E-state index contributed by atoms with van der Waals surface area (Å²) in [6.07, 6.45) is 0. The van der Waals surface area contributed by atoms with E-state index in [1.165, 1.54) is 12.1 Å². The molecule has 3 N–H and O–H groups in total. The lowest BCUT2D eigenvalue weighted by atomic mass is 10.1. The molecule has 1 aromatic carbocycles. The van der Waals surface area contributed by atoms with Crippen molar-refractivity contribution in [3.8, 4) is 0 Å². The van der Waals surface area contributed by atoms with Gasteiger partial charge in [-0.3, -0.25) is 9.59 Å². The molecule has 0 saturated carbocycles. The van der Waals surface area contributed by atoms with Crippen molar-refractivity contribution in [1.29, 1.82) is 0 Å². The predicted octanol–water partition coefficient (Wildman–Crippen LogP) is 1.49. The number of fused-ring (bicyclic) bond motifs is 1. The fourth-order valence-corrected chi connectivity index (χ4v) is 2.18. The quantitative estimate of drug-likeness (QED) is 0.679. The third-order valence-electron chi connectivity index (χ3n) is 3.18. The number of nitrogens with zero attached hydrogens (tertiary/aromatic N) is 1. The second-order valence-electron chi connectivity index (χ2n) is 4.86. The molecule has 0 saturated heterocycles. The smallest absolute Gasteiger partial charge is 0.271 e. The van der Waals surface area contributed by atoms with Crippen molar-refractivity contribution in [3.63, 3.8) is 0 Å². The van der Waals surface area contributed by atoms with Crippen molar-refractivity contribution < 1.29 is 4.79 Å². The SMILES string of the molecule is Cc1cc2cc(CNC(=O)c3ccc(=O)[nH]n3)ccc2[nH]1. The van der Waals surface area contributed by atoms with Gasteiger partial charge in [-0.1, -0.05) is 6.07 Å². The Balaban J connectivity index is 1.72. The summed E-state index contributed by atoms with van der Waals surface area (Å²) in [5, 5.41) is 9.81. The van der Waals surface area contributed by atoms with Crippen LogP contribution in [0.5, 0.6) is 0 Å². The fraction of sp³-hybridized carbons (Fsp3) is 0.133. The number of hydrogen-bond donors (Lipinski definition) is 3. The molecule has 0 radical (unpaired) electrons. The van der Waals surface area contributed by atoms with Crippen molar-refractivity contribution in [2.75, 3.05) is 0 Å². The number of benzene rings is 1. The molecule has 0 unspecified atom stereocenters. The zero-order valence-corrected chi connectivity index (χ0v) is 11.4. The first-order valence-corrected chi connectivity index (χ1v) is 6.54. The third kappa shape index (κ3) is 2.84. The summed E-state index contributed by atoms with van der Waals surface area (Å²) in [4.78, 5) is 26.0. The Morgan fingerprint density at radius 1 is 1.24 bits per heavy atom. The second-order valence-corrected chi connectivity index (χ2v) is 4.86. The van der Waals surface area contributed by atoms with Gasteiger partial charge in [-0.15, -0.1) is 0 Å². The standard InChI is InChI=1S/C15H14N4O2/c1-9-6-11-7-10(2-3-12(11)17-9)8-16-15(21)13-4-5-14(20)19-18-13/h2-7,17H,8H2,1H3,(H,16,21)(H,19,20). The number of carbonyl (C=O) groups is 1. The lowest BCUT2D eigenvalue weighted by Gasteiger charge is -2.04. The monoisotopic (exact) mass is 282 g/mol. The van der Waals surface area contributed by atoms with Gasteiger partial charge >= 0.3 is 0 Å². The average molecular weight is 282 g/mol. The van der Waals surface area contributed by atoms with Gasteiger partial charge in [-0.2, -0.15) is 5.10 Å².